The molecular formula is C21H30N4O2. The zero-order chi connectivity index (χ0) is 19.2. The van der Waals surface area contributed by atoms with Crippen molar-refractivity contribution in [3.05, 3.63) is 29.8 Å². The van der Waals surface area contributed by atoms with Gasteiger partial charge < -0.3 is 20.9 Å². The van der Waals surface area contributed by atoms with E-state index in [4.69, 9.17) is 0 Å². The van der Waals surface area contributed by atoms with Crippen LogP contribution in [0.1, 0.15) is 43.0 Å². The second-order valence-electron chi connectivity index (χ2n) is 9.05. The number of rotatable bonds is 4. The Bertz CT molecular complexity index is 764. The molecule has 6 nitrogen and oxygen atoms in total. The molecule has 1 aliphatic heterocycles. The quantitative estimate of drug-likeness (QED) is 0.758. The lowest BCUT2D eigenvalue weighted by atomic mass is 9.51. The summed E-state index contributed by atoms with van der Waals surface area (Å²) in [4.78, 5) is 27.7. The number of nitrogens with zero attached hydrogens (tertiary/aromatic N) is 1. The molecule has 27 heavy (non-hydrogen) atoms. The smallest absolute Gasteiger partial charge is 0.255 e. The molecule has 1 spiro atoms. The number of fused-ring (bicyclic) bond motifs is 3. The van der Waals surface area contributed by atoms with Crippen molar-refractivity contribution in [1.29, 1.82) is 0 Å². The zero-order valence-corrected chi connectivity index (χ0v) is 16.5. The molecule has 1 aromatic rings. The molecule has 2 amide bonds. The lowest BCUT2D eigenvalue weighted by Gasteiger charge is -2.60. The summed E-state index contributed by atoms with van der Waals surface area (Å²) in [5.74, 6) is 0.440. The van der Waals surface area contributed by atoms with Crippen LogP contribution in [0.3, 0.4) is 0 Å². The first-order chi connectivity index (χ1) is 12.8. The summed E-state index contributed by atoms with van der Waals surface area (Å²) in [5, 5.41) is 10.0. The highest BCUT2D eigenvalue weighted by atomic mass is 16.2. The van der Waals surface area contributed by atoms with Crippen LogP contribution in [-0.4, -0.2) is 49.6 Å². The topological polar surface area (TPSA) is 73.5 Å². The molecule has 3 aliphatic carbocycles. The fraction of sp³-hybridized carbons (Fsp3) is 0.619. The minimum atomic E-state index is -0.432. The number of nitrogens with one attached hydrogen (secondary N) is 3. The molecule has 1 heterocycles. The molecule has 2 bridgehead atoms. The summed E-state index contributed by atoms with van der Waals surface area (Å²) in [6.45, 7) is 3.74. The number of hydrogen-bond donors (Lipinski definition) is 3. The third-order valence-corrected chi connectivity index (χ3v) is 6.85. The fourth-order valence-corrected chi connectivity index (χ4v) is 5.38. The van der Waals surface area contributed by atoms with Gasteiger partial charge in [-0.1, -0.05) is 19.1 Å². The van der Waals surface area contributed by atoms with Crippen molar-refractivity contribution in [1.82, 2.24) is 15.5 Å². The number of anilines is 1. The maximum atomic E-state index is 12.9. The Kier molecular flexibility index (Phi) is 4.41. The highest BCUT2D eigenvalue weighted by Gasteiger charge is 2.60. The van der Waals surface area contributed by atoms with Crippen LogP contribution in [0.15, 0.2) is 24.3 Å². The molecule has 0 radical (unpaired) electrons. The number of hydrogen-bond acceptors (Lipinski definition) is 4. The van der Waals surface area contributed by atoms with Gasteiger partial charge in [-0.05, 0) is 57.3 Å². The van der Waals surface area contributed by atoms with E-state index in [-0.39, 0.29) is 29.1 Å². The summed E-state index contributed by atoms with van der Waals surface area (Å²) in [7, 11) is 4.02. The van der Waals surface area contributed by atoms with Gasteiger partial charge in [0.15, 0.2) is 0 Å². The van der Waals surface area contributed by atoms with Crippen LogP contribution < -0.4 is 16.0 Å². The van der Waals surface area contributed by atoms with Crippen molar-refractivity contribution in [2.45, 2.75) is 38.3 Å². The van der Waals surface area contributed by atoms with E-state index in [0.29, 0.717) is 12.1 Å². The zero-order valence-electron chi connectivity index (χ0n) is 16.5. The number of carbonyl (C=O) groups is 2. The summed E-state index contributed by atoms with van der Waals surface area (Å²) < 4.78 is 0. The minimum Gasteiger partial charge on any atom is -0.362 e. The molecule has 3 N–H and O–H groups in total. The second-order valence-corrected chi connectivity index (χ2v) is 9.05. The fourth-order valence-electron chi connectivity index (χ4n) is 5.38. The number of para-hydroxylation sites is 1. The number of amides is 2. The Balaban J connectivity index is 1.53. The van der Waals surface area contributed by atoms with Crippen LogP contribution >= 0.6 is 0 Å². The predicted octanol–water partition coefficient (Wildman–Crippen LogP) is 2.04. The average molecular weight is 370 g/mol. The van der Waals surface area contributed by atoms with Crippen molar-refractivity contribution in [2.24, 2.45) is 17.3 Å². The van der Waals surface area contributed by atoms with Crippen molar-refractivity contribution >= 4 is 17.5 Å². The highest BCUT2D eigenvalue weighted by molar-refractivity contribution is 6.02. The SMILES string of the molecule is CN(C)CCNC(=O)[C@H]1C[C@@H]2CC[C@]1(C)C[C@]21NC(=O)c2ccccc2N1. The molecule has 0 saturated heterocycles. The predicted molar refractivity (Wildman–Crippen MR) is 105 cm³/mol. The van der Waals surface area contributed by atoms with Gasteiger partial charge in [0, 0.05) is 30.6 Å². The van der Waals surface area contributed by atoms with Crippen molar-refractivity contribution in [3.8, 4) is 0 Å². The first-order valence-electron chi connectivity index (χ1n) is 9.95. The second kappa shape index (κ2) is 6.51. The van der Waals surface area contributed by atoms with E-state index >= 15 is 0 Å². The monoisotopic (exact) mass is 370 g/mol. The van der Waals surface area contributed by atoms with E-state index in [9.17, 15) is 9.59 Å². The van der Waals surface area contributed by atoms with Gasteiger partial charge in [-0.3, -0.25) is 9.59 Å². The Morgan fingerprint density at radius 1 is 1.30 bits per heavy atom. The highest BCUT2D eigenvalue weighted by Crippen LogP contribution is 2.58. The van der Waals surface area contributed by atoms with Crippen molar-refractivity contribution in [2.75, 3.05) is 32.5 Å². The van der Waals surface area contributed by atoms with Crippen LogP contribution in [0.4, 0.5) is 5.69 Å². The lowest BCUT2D eigenvalue weighted by molar-refractivity contribution is -0.139. The van der Waals surface area contributed by atoms with E-state index in [1.807, 2.05) is 38.4 Å². The van der Waals surface area contributed by atoms with E-state index in [2.05, 4.69) is 27.8 Å². The van der Waals surface area contributed by atoms with Crippen LogP contribution in [-0.2, 0) is 4.79 Å². The summed E-state index contributed by atoms with van der Waals surface area (Å²) in [6.07, 6.45) is 3.67. The molecule has 0 aromatic heterocycles. The first kappa shape index (κ1) is 18.3. The van der Waals surface area contributed by atoms with Crippen LogP contribution in [0.5, 0.6) is 0 Å². The van der Waals surface area contributed by atoms with E-state index < -0.39 is 5.66 Å². The number of benzene rings is 1. The summed E-state index contributed by atoms with van der Waals surface area (Å²) in [6, 6.07) is 7.68. The van der Waals surface area contributed by atoms with Gasteiger partial charge in [-0.15, -0.1) is 0 Å². The molecule has 6 heteroatoms. The van der Waals surface area contributed by atoms with Crippen molar-refractivity contribution in [3.63, 3.8) is 0 Å². The van der Waals surface area contributed by atoms with Gasteiger partial charge >= 0.3 is 0 Å². The van der Waals surface area contributed by atoms with Crippen LogP contribution in [0.25, 0.3) is 0 Å². The maximum absolute atomic E-state index is 12.9. The van der Waals surface area contributed by atoms with Gasteiger partial charge in [0.2, 0.25) is 5.91 Å². The van der Waals surface area contributed by atoms with Gasteiger partial charge in [-0.2, -0.15) is 0 Å². The Morgan fingerprint density at radius 2 is 2.07 bits per heavy atom. The van der Waals surface area contributed by atoms with E-state index in [0.717, 1.165) is 37.9 Å². The van der Waals surface area contributed by atoms with Gasteiger partial charge in [-0.25, -0.2) is 0 Å². The largest absolute Gasteiger partial charge is 0.362 e. The molecule has 1 aromatic carbocycles. The third kappa shape index (κ3) is 3.10. The number of carbonyl (C=O) groups excluding carboxylic acids is 2. The summed E-state index contributed by atoms with van der Waals surface area (Å²) >= 11 is 0. The average Bonchev–Trinajstić information content (AvgIpc) is 2.60. The number of likely N-dealkylation sites (N-methyl/N-ethyl adjacent to an activating group) is 1. The molecule has 4 atom stereocenters. The Morgan fingerprint density at radius 3 is 2.81 bits per heavy atom. The Hall–Kier alpha value is -2.08. The molecule has 146 valence electrons. The molecule has 0 unspecified atom stereocenters. The Labute approximate surface area is 161 Å². The standard InChI is InChI=1S/C21H30N4O2/c1-20-9-8-14(12-16(20)19(27)22-10-11-25(2)3)21(13-20)23-17-7-5-4-6-15(17)18(26)24-21/h4-7,14,16,23H,8-13H2,1-3H3,(H,22,27)(H,24,26)/t14-,16+,20+,21-/m0/s1. The summed E-state index contributed by atoms with van der Waals surface area (Å²) in [5.41, 5.74) is 1.07. The molecule has 5 rings (SSSR count). The molecular weight excluding hydrogens is 340 g/mol. The maximum Gasteiger partial charge on any atom is 0.255 e. The van der Waals surface area contributed by atoms with E-state index in [1.165, 1.54) is 0 Å². The van der Waals surface area contributed by atoms with Gasteiger partial charge in [0.05, 0.1) is 5.56 Å². The normalized spacial score (nSPS) is 34.1. The molecule has 4 aliphatic rings. The van der Waals surface area contributed by atoms with Gasteiger partial charge in [0.1, 0.15) is 5.66 Å². The minimum absolute atomic E-state index is 0.00696. The third-order valence-electron chi connectivity index (χ3n) is 6.85. The van der Waals surface area contributed by atoms with Crippen molar-refractivity contribution < 1.29 is 9.59 Å². The van der Waals surface area contributed by atoms with Crippen LogP contribution in [0.2, 0.25) is 0 Å². The molecule has 3 fully saturated rings. The van der Waals surface area contributed by atoms with Crippen LogP contribution in [0, 0.1) is 17.3 Å². The van der Waals surface area contributed by atoms with Gasteiger partial charge in [0.25, 0.3) is 5.91 Å². The lowest BCUT2D eigenvalue weighted by Crippen LogP contribution is -2.70. The first-order valence-corrected chi connectivity index (χ1v) is 9.95. The molecule has 3 saturated carbocycles. The van der Waals surface area contributed by atoms with E-state index in [1.54, 1.807) is 0 Å².